The molecule has 0 atom stereocenters. The van der Waals surface area contributed by atoms with Gasteiger partial charge in [-0.2, -0.15) is 0 Å². The number of sulfonamides is 1. The number of guanidine groups is 1. The summed E-state index contributed by atoms with van der Waals surface area (Å²) in [5.41, 5.74) is 1.74. The molecule has 146 valence electrons. The molecule has 6 nitrogen and oxygen atoms in total. The highest BCUT2D eigenvalue weighted by Gasteiger charge is 2.10. The highest BCUT2D eigenvalue weighted by atomic mass is 35.5. The number of hydrogen-bond acceptors (Lipinski definition) is 3. The molecule has 0 radical (unpaired) electrons. The summed E-state index contributed by atoms with van der Waals surface area (Å²) in [7, 11) is -1.83. The number of halogens is 2. The van der Waals surface area contributed by atoms with Crippen molar-refractivity contribution in [2.45, 2.75) is 24.9 Å². The van der Waals surface area contributed by atoms with E-state index in [0.29, 0.717) is 35.6 Å². The molecule has 0 bridgehead atoms. The van der Waals surface area contributed by atoms with Gasteiger partial charge in [0.15, 0.2) is 5.96 Å². The Morgan fingerprint density at radius 3 is 2.52 bits per heavy atom. The van der Waals surface area contributed by atoms with Gasteiger partial charge in [0.1, 0.15) is 0 Å². The molecule has 3 N–H and O–H groups in total. The minimum absolute atomic E-state index is 0.0735. The van der Waals surface area contributed by atoms with Crippen LogP contribution in [0.3, 0.4) is 0 Å². The van der Waals surface area contributed by atoms with E-state index in [4.69, 9.17) is 28.3 Å². The zero-order chi connectivity index (χ0) is 20.0. The maximum Gasteiger partial charge on any atom is 0.238 e. The summed E-state index contributed by atoms with van der Waals surface area (Å²) < 4.78 is 23.0. The van der Waals surface area contributed by atoms with Crippen molar-refractivity contribution in [3.8, 4) is 0 Å². The fourth-order valence-electron chi connectivity index (χ4n) is 2.44. The Hall–Kier alpha value is -1.80. The molecule has 0 spiro atoms. The molecule has 2 aromatic carbocycles. The number of primary sulfonamides is 1. The first-order chi connectivity index (χ1) is 12.7. The van der Waals surface area contributed by atoms with Gasteiger partial charge in [0.05, 0.1) is 21.5 Å². The standard InChI is InChI=1S/C18H22Cl2N4O2S/c1-3-22-18(24(2)12-14-7-8-16(19)17(20)10-14)23-11-13-5-4-6-15(9-13)27(21,25)26/h4-10H,3,11-12H2,1-2H3,(H,22,23)(H2,21,25,26). The lowest BCUT2D eigenvalue weighted by Crippen LogP contribution is -2.38. The SMILES string of the molecule is CCNC(=NCc1cccc(S(N)(=O)=O)c1)N(C)Cc1ccc(Cl)c(Cl)c1. The maximum atomic E-state index is 11.5. The first-order valence-electron chi connectivity index (χ1n) is 8.26. The van der Waals surface area contributed by atoms with Gasteiger partial charge in [-0.05, 0) is 42.3 Å². The van der Waals surface area contributed by atoms with Crippen molar-refractivity contribution in [1.29, 1.82) is 0 Å². The van der Waals surface area contributed by atoms with Crippen molar-refractivity contribution in [3.63, 3.8) is 0 Å². The zero-order valence-corrected chi connectivity index (χ0v) is 17.4. The van der Waals surface area contributed by atoms with Gasteiger partial charge in [-0.25, -0.2) is 18.5 Å². The minimum Gasteiger partial charge on any atom is -0.357 e. The second-order valence-corrected chi connectivity index (χ2v) is 8.34. The van der Waals surface area contributed by atoms with Gasteiger partial charge in [-0.15, -0.1) is 0 Å². The first kappa shape index (κ1) is 21.5. The monoisotopic (exact) mass is 428 g/mol. The number of nitrogens with zero attached hydrogens (tertiary/aromatic N) is 2. The molecule has 0 saturated carbocycles. The van der Waals surface area contributed by atoms with Crippen molar-refractivity contribution in [3.05, 3.63) is 63.6 Å². The summed E-state index contributed by atoms with van der Waals surface area (Å²) in [6.45, 7) is 3.57. The van der Waals surface area contributed by atoms with Crippen molar-refractivity contribution >= 4 is 39.2 Å². The molecule has 0 aliphatic heterocycles. The van der Waals surface area contributed by atoms with E-state index in [-0.39, 0.29) is 4.90 Å². The number of nitrogens with two attached hydrogens (primary N) is 1. The molecule has 0 heterocycles. The molecule has 27 heavy (non-hydrogen) atoms. The predicted molar refractivity (Wildman–Crippen MR) is 111 cm³/mol. The Morgan fingerprint density at radius 2 is 1.89 bits per heavy atom. The molecule has 9 heteroatoms. The summed E-state index contributed by atoms with van der Waals surface area (Å²) in [6, 6.07) is 11.9. The van der Waals surface area contributed by atoms with Crippen LogP contribution < -0.4 is 10.5 Å². The predicted octanol–water partition coefficient (Wildman–Crippen LogP) is 3.24. The normalized spacial score (nSPS) is 12.1. The van der Waals surface area contributed by atoms with Crippen molar-refractivity contribution < 1.29 is 8.42 Å². The molecule has 0 aliphatic carbocycles. The van der Waals surface area contributed by atoms with Crippen LogP contribution >= 0.6 is 23.2 Å². The summed E-state index contributed by atoms with van der Waals surface area (Å²) in [5.74, 6) is 0.685. The number of hydrogen-bond donors (Lipinski definition) is 2. The lowest BCUT2D eigenvalue weighted by molar-refractivity contribution is 0.477. The van der Waals surface area contributed by atoms with E-state index in [0.717, 1.165) is 11.1 Å². The van der Waals surface area contributed by atoms with E-state index in [1.54, 1.807) is 18.2 Å². The molecular formula is C18H22Cl2N4O2S. The largest absolute Gasteiger partial charge is 0.357 e. The van der Waals surface area contributed by atoms with E-state index >= 15 is 0 Å². The third-order valence-electron chi connectivity index (χ3n) is 3.74. The lowest BCUT2D eigenvalue weighted by Gasteiger charge is -2.22. The van der Waals surface area contributed by atoms with Gasteiger partial charge in [0, 0.05) is 20.1 Å². The summed E-state index contributed by atoms with van der Waals surface area (Å²) in [6.07, 6.45) is 0. The minimum atomic E-state index is -3.74. The molecule has 0 aromatic heterocycles. The number of rotatable bonds is 6. The van der Waals surface area contributed by atoms with Crippen molar-refractivity contribution in [2.75, 3.05) is 13.6 Å². The van der Waals surface area contributed by atoms with Gasteiger partial charge >= 0.3 is 0 Å². The van der Waals surface area contributed by atoms with Gasteiger partial charge in [0.2, 0.25) is 10.0 Å². The van der Waals surface area contributed by atoms with E-state index in [2.05, 4.69) is 10.3 Å². The van der Waals surface area contributed by atoms with E-state index in [1.165, 1.54) is 12.1 Å². The van der Waals surface area contributed by atoms with Crippen LogP contribution in [0.2, 0.25) is 10.0 Å². The van der Waals surface area contributed by atoms with Crippen LogP contribution in [0.25, 0.3) is 0 Å². The topological polar surface area (TPSA) is 87.8 Å². The molecule has 0 saturated heterocycles. The van der Waals surface area contributed by atoms with E-state index in [1.807, 2.05) is 31.0 Å². The van der Waals surface area contributed by atoms with Crippen LogP contribution in [-0.4, -0.2) is 32.9 Å². The highest BCUT2D eigenvalue weighted by Crippen LogP contribution is 2.23. The molecule has 0 fully saturated rings. The van der Waals surface area contributed by atoms with E-state index in [9.17, 15) is 8.42 Å². The molecule has 2 rings (SSSR count). The number of aliphatic imine (C=N–C) groups is 1. The zero-order valence-electron chi connectivity index (χ0n) is 15.1. The Bertz CT molecular complexity index is 933. The van der Waals surface area contributed by atoms with Crippen molar-refractivity contribution in [1.82, 2.24) is 10.2 Å². The third kappa shape index (κ3) is 6.39. The van der Waals surface area contributed by atoms with E-state index < -0.39 is 10.0 Å². The molecule has 0 unspecified atom stereocenters. The van der Waals surface area contributed by atoms with Crippen molar-refractivity contribution in [2.24, 2.45) is 10.1 Å². The Balaban J connectivity index is 2.16. The fourth-order valence-corrected chi connectivity index (χ4v) is 3.35. The molecular weight excluding hydrogens is 407 g/mol. The lowest BCUT2D eigenvalue weighted by atomic mass is 10.2. The summed E-state index contributed by atoms with van der Waals surface area (Å²) >= 11 is 12.0. The first-order valence-corrected chi connectivity index (χ1v) is 10.6. The molecule has 2 aromatic rings. The third-order valence-corrected chi connectivity index (χ3v) is 5.39. The average Bonchev–Trinajstić information content (AvgIpc) is 2.61. The number of benzene rings is 2. The Morgan fingerprint density at radius 1 is 1.15 bits per heavy atom. The van der Waals surface area contributed by atoms with Gasteiger partial charge in [-0.3, -0.25) is 0 Å². The smallest absolute Gasteiger partial charge is 0.238 e. The summed E-state index contributed by atoms with van der Waals surface area (Å²) in [4.78, 5) is 6.60. The molecule has 0 aliphatic rings. The van der Waals surface area contributed by atoms with Gasteiger partial charge in [-0.1, -0.05) is 41.4 Å². The Labute approximate surface area is 170 Å². The van der Waals surface area contributed by atoms with Crippen LogP contribution in [0.4, 0.5) is 0 Å². The van der Waals surface area contributed by atoms with Crippen LogP contribution in [-0.2, 0) is 23.1 Å². The van der Waals surface area contributed by atoms with Gasteiger partial charge < -0.3 is 10.2 Å². The average molecular weight is 429 g/mol. The van der Waals surface area contributed by atoms with Gasteiger partial charge in [0.25, 0.3) is 0 Å². The number of nitrogens with one attached hydrogen (secondary N) is 1. The quantitative estimate of drug-likeness (QED) is 0.545. The van der Waals surface area contributed by atoms with Crippen LogP contribution in [0.15, 0.2) is 52.4 Å². The van der Waals surface area contributed by atoms with Crippen LogP contribution in [0, 0.1) is 0 Å². The molecule has 0 amide bonds. The maximum absolute atomic E-state index is 11.5. The Kier molecular flexibility index (Phi) is 7.49. The van der Waals surface area contributed by atoms with Crippen LogP contribution in [0.1, 0.15) is 18.1 Å². The van der Waals surface area contributed by atoms with Crippen LogP contribution in [0.5, 0.6) is 0 Å². The highest BCUT2D eigenvalue weighted by molar-refractivity contribution is 7.89. The fraction of sp³-hybridized carbons (Fsp3) is 0.278. The summed E-state index contributed by atoms with van der Waals surface area (Å²) in [5, 5.41) is 9.42. The second kappa shape index (κ2) is 9.41. The second-order valence-electron chi connectivity index (χ2n) is 5.97.